The normalized spacial score (nSPS) is 28.6. The second-order valence-corrected chi connectivity index (χ2v) is 9.50. The standard InChI is InChI=1S/C20H37N5O5.2ClH/c21-18(28)3-1-15(2-4-19(22)29)5-7-24(11-16(26)12-24)9-10-25(8-6-20(23)30)13-17(27)14-25;;/h15-17,26-27H,1-14H2,(H4-2,21,22,23,28,29,30);2*1H. The molecule has 0 spiro atoms. The Balaban J connectivity index is 0.00000480. The predicted molar refractivity (Wildman–Crippen MR) is 110 cm³/mol. The summed E-state index contributed by atoms with van der Waals surface area (Å²) in [6.45, 7) is 5.77. The Morgan fingerprint density at radius 3 is 1.38 bits per heavy atom. The summed E-state index contributed by atoms with van der Waals surface area (Å²) in [5.74, 6) is -0.843. The number of aliphatic hydroxyl groups is 2. The molecule has 2 aliphatic rings. The van der Waals surface area contributed by atoms with Crippen molar-refractivity contribution in [2.45, 2.75) is 50.7 Å². The Kier molecular flexibility index (Phi) is 13.0. The highest BCUT2D eigenvalue weighted by Crippen LogP contribution is 2.28. The third-order valence-electron chi connectivity index (χ3n) is 6.88. The summed E-state index contributed by atoms with van der Waals surface area (Å²) in [6.07, 6.45) is 2.33. The zero-order chi connectivity index (χ0) is 22.4. The minimum absolute atomic E-state index is 0. The average Bonchev–Trinajstić information content (AvgIpc) is 2.60. The molecule has 8 N–H and O–H groups in total. The number of carbonyl (C=O) groups excluding carboxylic acids is 3. The van der Waals surface area contributed by atoms with Crippen LogP contribution in [-0.2, 0) is 14.4 Å². The minimum Gasteiger partial charge on any atom is -1.00 e. The molecule has 2 fully saturated rings. The van der Waals surface area contributed by atoms with Crippen molar-refractivity contribution < 1.29 is 58.4 Å². The van der Waals surface area contributed by atoms with E-state index in [1.54, 1.807) is 0 Å². The van der Waals surface area contributed by atoms with E-state index in [1.807, 2.05) is 0 Å². The number of aliphatic hydroxyl groups excluding tert-OH is 2. The molecule has 0 aromatic heterocycles. The third kappa shape index (κ3) is 9.76. The molecule has 0 bridgehead atoms. The van der Waals surface area contributed by atoms with Crippen LogP contribution in [0.3, 0.4) is 0 Å². The van der Waals surface area contributed by atoms with Gasteiger partial charge in [0.1, 0.15) is 39.3 Å². The van der Waals surface area contributed by atoms with E-state index < -0.39 is 0 Å². The number of carbonyl (C=O) groups is 3. The molecule has 188 valence electrons. The van der Waals surface area contributed by atoms with Gasteiger partial charge in [0.15, 0.2) is 12.2 Å². The molecule has 0 unspecified atom stereocenters. The molecule has 0 aromatic rings. The molecule has 3 amide bonds. The zero-order valence-corrected chi connectivity index (χ0v) is 20.1. The van der Waals surface area contributed by atoms with Crippen molar-refractivity contribution in [1.29, 1.82) is 0 Å². The summed E-state index contributed by atoms with van der Waals surface area (Å²) >= 11 is 0. The fraction of sp³-hybridized carbons (Fsp3) is 0.850. The lowest BCUT2D eigenvalue weighted by atomic mass is 9.91. The molecule has 10 nitrogen and oxygen atoms in total. The number of hydrogen-bond donors (Lipinski definition) is 5. The van der Waals surface area contributed by atoms with Crippen molar-refractivity contribution in [1.82, 2.24) is 0 Å². The second kappa shape index (κ2) is 13.5. The smallest absolute Gasteiger partial charge is 0.223 e. The molecular weight excluding hydrogens is 461 g/mol. The van der Waals surface area contributed by atoms with Gasteiger partial charge in [-0.05, 0) is 25.2 Å². The average molecular weight is 500 g/mol. The number of halogens is 2. The monoisotopic (exact) mass is 499 g/mol. The van der Waals surface area contributed by atoms with Crippen molar-refractivity contribution in [3.63, 3.8) is 0 Å². The van der Waals surface area contributed by atoms with Gasteiger partial charge < -0.3 is 61.2 Å². The summed E-state index contributed by atoms with van der Waals surface area (Å²) in [5.41, 5.74) is 15.9. The molecule has 0 radical (unpaired) electrons. The molecule has 12 heteroatoms. The van der Waals surface area contributed by atoms with E-state index in [-0.39, 0.29) is 73.5 Å². The largest absolute Gasteiger partial charge is 1.00 e. The van der Waals surface area contributed by atoms with Crippen LogP contribution in [0.1, 0.15) is 38.5 Å². The van der Waals surface area contributed by atoms with Gasteiger partial charge in [-0.1, -0.05) is 0 Å². The van der Waals surface area contributed by atoms with E-state index in [0.29, 0.717) is 56.5 Å². The Labute approximate surface area is 202 Å². The predicted octanol–water partition coefficient (Wildman–Crippen LogP) is -8.21. The lowest BCUT2D eigenvalue weighted by Gasteiger charge is -2.53. The Bertz CT molecular complexity index is 610. The number of nitrogens with zero attached hydrogens (tertiary/aromatic N) is 2. The topological polar surface area (TPSA) is 170 Å². The number of nitrogens with two attached hydrogens (primary N) is 3. The van der Waals surface area contributed by atoms with E-state index in [0.717, 1.165) is 30.5 Å². The molecule has 0 atom stereocenters. The molecule has 32 heavy (non-hydrogen) atoms. The van der Waals surface area contributed by atoms with Crippen molar-refractivity contribution in [2.24, 2.45) is 23.1 Å². The zero-order valence-electron chi connectivity index (χ0n) is 18.6. The SMILES string of the molecule is NC(=O)CCC(CCC(N)=O)CC[N+]1(CC[N+]2(CCC(N)=O)CC(O)C2)CC(O)C1.[Cl-].[Cl-]. The fourth-order valence-corrected chi connectivity index (χ4v) is 4.99. The number of likely N-dealkylation sites (tertiary alicyclic amines) is 2. The lowest BCUT2D eigenvalue weighted by Crippen LogP contribution is -3.00. The molecule has 0 aliphatic carbocycles. The lowest BCUT2D eigenvalue weighted by molar-refractivity contribution is -1.02. The molecule has 2 aliphatic heterocycles. The molecule has 2 rings (SSSR count). The quantitative estimate of drug-likeness (QED) is 0.141. The van der Waals surface area contributed by atoms with Crippen LogP contribution in [0.4, 0.5) is 0 Å². The summed E-state index contributed by atoms with van der Waals surface area (Å²) < 4.78 is 1.46. The van der Waals surface area contributed by atoms with Crippen LogP contribution >= 0.6 is 0 Å². The van der Waals surface area contributed by atoms with Gasteiger partial charge in [-0.3, -0.25) is 14.4 Å². The van der Waals surface area contributed by atoms with E-state index in [1.165, 1.54) is 0 Å². The first-order valence-corrected chi connectivity index (χ1v) is 10.9. The van der Waals surface area contributed by atoms with Crippen molar-refractivity contribution in [3.8, 4) is 0 Å². The van der Waals surface area contributed by atoms with Gasteiger partial charge >= 0.3 is 0 Å². The van der Waals surface area contributed by atoms with Crippen LogP contribution in [0.2, 0.25) is 0 Å². The van der Waals surface area contributed by atoms with Crippen LogP contribution < -0.4 is 42.0 Å². The first-order valence-electron chi connectivity index (χ1n) is 10.9. The highest BCUT2D eigenvalue weighted by atomic mass is 35.5. The van der Waals surface area contributed by atoms with Gasteiger partial charge in [-0.15, -0.1) is 0 Å². The Morgan fingerprint density at radius 2 is 1.03 bits per heavy atom. The maximum Gasteiger partial charge on any atom is 0.223 e. The van der Waals surface area contributed by atoms with Crippen LogP contribution in [0.25, 0.3) is 0 Å². The molecular formula is C20H39Cl2N5O5. The van der Waals surface area contributed by atoms with E-state index >= 15 is 0 Å². The first kappa shape index (κ1) is 30.8. The molecule has 0 saturated carbocycles. The van der Waals surface area contributed by atoms with Gasteiger partial charge in [0.05, 0.1) is 19.5 Å². The summed E-state index contributed by atoms with van der Waals surface area (Å²) in [5, 5.41) is 19.8. The second-order valence-electron chi connectivity index (χ2n) is 9.50. The van der Waals surface area contributed by atoms with Gasteiger partial charge in [-0.2, -0.15) is 0 Å². The van der Waals surface area contributed by atoms with Crippen LogP contribution in [0, 0.1) is 5.92 Å². The van der Waals surface area contributed by atoms with Gasteiger partial charge in [-0.25, -0.2) is 0 Å². The van der Waals surface area contributed by atoms with Crippen LogP contribution in [0.15, 0.2) is 0 Å². The van der Waals surface area contributed by atoms with Crippen LogP contribution in [-0.4, -0.2) is 101 Å². The van der Waals surface area contributed by atoms with E-state index in [9.17, 15) is 24.6 Å². The Morgan fingerprint density at radius 1 is 0.656 bits per heavy atom. The van der Waals surface area contributed by atoms with Crippen LogP contribution in [0.5, 0.6) is 0 Å². The van der Waals surface area contributed by atoms with Gasteiger partial charge in [0, 0.05) is 12.8 Å². The molecule has 2 heterocycles. The third-order valence-corrected chi connectivity index (χ3v) is 6.88. The fourth-order valence-electron chi connectivity index (χ4n) is 4.99. The number of primary amides is 3. The van der Waals surface area contributed by atoms with E-state index in [4.69, 9.17) is 17.2 Å². The molecule has 2 saturated heterocycles. The van der Waals surface area contributed by atoms with E-state index in [2.05, 4.69) is 0 Å². The highest BCUT2D eigenvalue weighted by molar-refractivity contribution is 5.74. The summed E-state index contributed by atoms with van der Waals surface area (Å²) in [4.78, 5) is 33.6. The summed E-state index contributed by atoms with van der Waals surface area (Å²) in [6, 6.07) is 0. The van der Waals surface area contributed by atoms with Gasteiger partial charge in [0.25, 0.3) is 0 Å². The van der Waals surface area contributed by atoms with Crippen molar-refractivity contribution >= 4 is 17.7 Å². The maximum absolute atomic E-state index is 11.2. The minimum atomic E-state index is -0.348. The van der Waals surface area contributed by atoms with Crippen molar-refractivity contribution in [2.75, 3.05) is 52.4 Å². The molecule has 0 aromatic carbocycles. The maximum atomic E-state index is 11.2. The number of rotatable bonds is 15. The highest BCUT2D eigenvalue weighted by Gasteiger charge is 2.48. The summed E-state index contributed by atoms with van der Waals surface area (Å²) in [7, 11) is 0. The Hall–Kier alpha value is -1.17. The number of hydrogen-bond acceptors (Lipinski definition) is 5. The number of amides is 3. The van der Waals surface area contributed by atoms with Gasteiger partial charge in [0.2, 0.25) is 17.7 Å². The van der Waals surface area contributed by atoms with Crippen molar-refractivity contribution in [3.05, 3.63) is 0 Å². The number of quaternary nitrogens is 2. The first-order chi connectivity index (χ1) is 14.0.